The lowest BCUT2D eigenvalue weighted by Gasteiger charge is -2.36. The predicted molar refractivity (Wildman–Crippen MR) is 74.5 cm³/mol. The maximum absolute atomic E-state index is 2.69. The summed E-state index contributed by atoms with van der Waals surface area (Å²) in [5.41, 5.74) is 2.75. The molecule has 4 aliphatic rings. The van der Waals surface area contributed by atoms with Gasteiger partial charge in [0.1, 0.15) is 0 Å². The average Bonchev–Trinajstić information content (AvgIpc) is 3.19. The van der Waals surface area contributed by atoms with Crippen molar-refractivity contribution in [2.24, 2.45) is 29.1 Å². The van der Waals surface area contributed by atoms with Gasteiger partial charge in [-0.25, -0.2) is 0 Å². The molecule has 5 atom stereocenters. The molecule has 0 amide bonds. The summed E-state index contributed by atoms with van der Waals surface area (Å²) in [5.74, 6) is 4.53. The maximum Gasteiger partial charge on any atom is 0.0413 e. The van der Waals surface area contributed by atoms with E-state index in [0.717, 1.165) is 23.2 Å². The van der Waals surface area contributed by atoms with Crippen molar-refractivity contribution in [1.82, 2.24) is 0 Å². The Morgan fingerprint density at radius 3 is 3.06 bits per heavy atom. The van der Waals surface area contributed by atoms with Gasteiger partial charge in [0, 0.05) is 8.80 Å². The van der Waals surface area contributed by atoms with E-state index >= 15 is 0 Å². The van der Waals surface area contributed by atoms with Gasteiger partial charge in [0.25, 0.3) is 0 Å². The van der Waals surface area contributed by atoms with Crippen LogP contribution in [0.1, 0.15) is 38.5 Å². The first-order valence-electron chi connectivity index (χ1n) is 7.72. The zero-order valence-electron chi connectivity index (χ0n) is 11.3. The third-order valence-electron chi connectivity index (χ3n) is 6.19. The lowest BCUT2D eigenvalue weighted by atomic mass is 9.70. The molecule has 0 aromatic rings. The Hall–Kier alpha value is -0.0431. The van der Waals surface area contributed by atoms with Crippen LogP contribution in [-0.4, -0.2) is 8.80 Å². The Morgan fingerprint density at radius 2 is 2.24 bits per heavy atom. The number of allylic oxidation sites excluding steroid dienone is 2. The van der Waals surface area contributed by atoms with E-state index in [1.807, 2.05) is 5.57 Å². The molecule has 1 radical (unpaired) electrons. The van der Waals surface area contributed by atoms with Crippen LogP contribution in [0.15, 0.2) is 11.6 Å². The summed E-state index contributed by atoms with van der Waals surface area (Å²) in [6, 6.07) is 1.56. The molecule has 3 saturated carbocycles. The van der Waals surface area contributed by atoms with E-state index in [1.54, 1.807) is 25.3 Å². The molecule has 0 heterocycles. The largest absolute Gasteiger partial charge is 0.0845 e. The standard InChI is InChI=1S/C16H25Si/c1-17(2)8-7-16-10-15(16)13-9-12(13)11-5-3-4-6-14(11)16/h6,11-13,15H,3-5,7-10H2,1-2H3. The van der Waals surface area contributed by atoms with Gasteiger partial charge in [0.2, 0.25) is 0 Å². The molecule has 3 fully saturated rings. The second kappa shape index (κ2) is 3.50. The highest BCUT2D eigenvalue weighted by atomic mass is 28.3. The zero-order valence-corrected chi connectivity index (χ0v) is 12.3. The molecule has 5 unspecified atom stereocenters. The summed E-state index contributed by atoms with van der Waals surface area (Å²) in [5, 5.41) is 0. The fourth-order valence-corrected chi connectivity index (χ4v) is 6.16. The molecule has 0 nitrogen and oxygen atoms in total. The van der Waals surface area contributed by atoms with Crippen LogP contribution in [0.25, 0.3) is 0 Å². The highest BCUT2D eigenvalue weighted by Crippen LogP contribution is 2.78. The van der Waals surface area contributed by atoms with Crippen LogP contribution in [0.2, 0.25) is 19.1 Å². The van der Waals surface area contributed by atoms with Crippen LogP contribution in [0.4, 0.5) is 0 Å². The Balaban J connectivity index is 1.61. The van der Waals surface area contributed by atoms with Crippen molar-refractivity contribution in [2.45, 2.75) is 57.7 Å². The molecule has 0 aromatic carbocycles. The van der Waals surface area contributed by atoms with Gasteiger partial charge in [-0.1, -0.05) is 30.8 Å². The molecule has 0 aromatic heterocycles. The Morgan fingerprint density at radius 1 is 1.35 bits per heavy atom. The molecule has 4 aliphatic carbocycles. The van der Waals surface area contributed by atoms with Gasteiger partial charge in [-0.2, -0.15) is 0 Å². The minimum atomic E-state index is -0.0125. The number of fused-ring (bicyclic) bond motifs is 6. The van der Waals surface area contributed by atoms with Crippen molar-refractivity contribution >= 4 is 8.80 Å². The van der Waals surface area contributed by atoms with E-state index in [9.17, 15) is 0 Å². The van der Waals surface area contributed by atoms with Crippen molar-refractivity contribution in [1.29, 1.82) is 0 Å². The molecule has 17 heavy (non-hydrogen) atoms. The molecular formula is C16H25Si. The summed E-state index contributed by atoms with van der Waals surface area (Å²) in [4.78, 5) is 0. The first-order chi connectivity index (χ1) is 8.22. The van der Waals surface area contributed by atoms with Gasteiger partial charge in [0.15, 0.2) is 0 Å². The Kier molecular flexibility index (Phi) is 2.23. The normalized spacial score (nSPS) is 50.2. The van der Waals surface area contributed by atoms with Crippen LogP contribution in [-0.2, 0) is 0 Å². The molecule has 4 rings (SSSR count). The Bertz CT molecular complexity index is 370. The van der Waals surface area contributed by atoms with Crippen molar-refractivity contribution in [3.8, 4) is 0 Å². The number of rotatable bonds is 3. The fraction of sp³-hybridized carbons (Fsp3) is 0.875. The van der Waals surface area contributed by atoms with E-state index in [4.69, 9.17) is 0 Å². The molecule has 0 bridgehead atoms. The highest BCUT2D eigenvalue weighted by molar-refractivity contribution is 6.55. The Labute approximate surface area is 107 Å². The highest BCUT2D eigenvalue weighted by Gasteiger charge is 2.70. The monoisotopic (exact) mass is 245 g/mol. The van der Waals surface area contributed by atoms with E-state index in [-0.39, 0.29) is 8.80 Å². The fourth-order valence-electron chi connectivity index (χ4n) is 5.21. The molecule has 0 aliphatic heterocycles. The molecular weight excluding hydrogens is 220 g/mol. The van der Waals surface area contributed by atoms with Gasteiger partial charge in [-0.05, 0) is 67.6 Å². The molecule has 0 spiro atoms. The molecule has 1 heteroatoms. The molecule has 0 N–H and O–H groups in total. The van der Waals surface area contributed by atoms with Crippen LogP contribution in [0, 0.1) is 29.1 Å². The summed E-state index contributed by atoms with van der Waals surface area (Å²) >= 11 is 0. The van der Waals surface area contributed by atoms with Gasteiger partial charge in [0.05, 0.1) is 0 Å². The molecule has 93 valence electrons. The maximum atomic E-state index is 2.69. The lowest BCUT2D eigenvalue weighted by Crippen LogP contribution is -2.26. The summed E-state index contributed by atoms with van der Waals surface area (Å²) < 4.78 is 0. The van der Waals surface area contributed by atoms with Gasteiger partial charge in [-0.3, -0.25) is 0 Å². The second-order valence-corrected chi connectivity index (χ2v) is 10.3. The van der Waals surface area contributed by atoms with Crippen LogP contribution >= 0.6 is 0 Å². The quantitative estimate of drug-likeness (QED) is 0.507. The third-order valence-corrected chi connectivity index (χ3v) is 7.44. The van der Waals surface area contributed by atoms with Crippen molar-refractivity contribution in [3.63, 3.8) is 0 Å². The number of hydrogen-bond acceptors (Lipinski definition) is 0. The van der Waals surface area contributed by atoms with E-state index in [2.05, 4.69) is 19.2 Å². The second-order valence-electron chi connectivity index (χ2n) is 7.43. The van der Waals surface area contributed by atoms with Gasteiger partial charge in [-0.15, -0.1) is 0 Å². The first kappa shape index (κ1) is 10.8. The van der Waals surface area contributed by atoms with Crippen LogP contribution in [0.5, 0.6) is 0 Å². The van der Waals surface area contributed by atoms with Crippen LogP contribution in [0.3, 0.4) is 0 Å². The minimum absolute atomic E-state index is 0.0125. The summed E-state index contributed by atoms with van der Waals surface area (Å²) in [6.07, 6.45) is 11.9. The third kappa shape index (κ3) is 1.47. The minimum Gasteiger partial charge on any atom is -0.0845 e. The lowest BCUT2D eigenvalue weighted by molar-refractivity contribution is 0.300. The zero-order chi connectivity index (χ0) is 11.6. The van der Waals surface area contributed by atoms with E-state index < -0.39 is 0 Å². The van der Waals surface area contributed by atoms with Crippen molar-refractivity contribution in [3.05, 3.63) is 11.6 Å². The van der Waals surface area contributed by atoms with E-state index in [0.29, 0.717) is 0 Å². The first-order valence-corrected chi connectivity index (χ1v) is 10.4. The van der Waals surface area contributed by atoms with Crippen molar-refractivity contribution < 1.29 is 0 Å². The van der Waals surface area contributed by atoms with Gasteiger partial charge >= 0.3 is 0 Å². The smallest absolute Gasteiger partial charge is 0.0413 e. The molecule has 0 saturated heterocycles. The number of hydrogen-bond donors (Lipinski definition) is 0. The van der Waals surface area contributed by atoms with E-state index in [1.165, 1.54) is 25.2 Å². The predicted octanol–water partition coefficient (Wildman–Crippen LogP) is 4.51. The average molecular weight is 245 g/mol. The van der Waals surface area contributed by atoms with Gasteiger partial charge < -0.3 is 0 Å². The SMILES string of the molecule is C[Si](C)CCC12CC1C1CC1C1CCCC=C12. The van der Waals surface area contributed by atoms with Crippen molar-refractivity contribution in [2.75, 3.05) is 0 Å². The van der Waals surface area contributed by atoms with Crippen LogP contribution < -0.4 is 0 Å². The summed E-state index contributed by atoms with van der Waals surface area (Å²) in [7, 11) is -0.0125. The topological polar surface area (TPSA) is 0 Å². The summed E-state index contributed by atoms with van der Waals surface area (Å²) in [6.45, 7) is 4.99.